The van der Waals surface area contributed by atoms with Gasteiger partial charge in [-0.1, -0.05) is 61.5 Å². The highest BCUT2D eigenvalue weighted by Crippen LogP contribution is 2.48. The third kappa shape index (κ3) is 17.4. The number of nitrogens with one attached hydrogen (secondary N) is 7. The average molecular weight is 1320 g/mol. The number of rotatable bonds is 15. The molecule has 3 aliphatic carbocycles. The summed E-state index contributed by atoms with van der Waals surface area (Å²) >= 11 is 0. The van der Waals surface area contributed by atoms with Crippen molar-refractivity contribution in [3.05, 3.63) is 214 Å². The van der Waals surface area contributed by atoms with E-state index in [2.05, 4.69) is 88.5 Å². The molecule has 0 unspecified atom stereocenters. The molecule has 7 aromatic heterocycles. The molecule has 21 N–H and O–H groups in total. The lowest BCUT2D eigenvalue weighted by atomic mass is 10.2. The summed E-state index contributed by atoms with van der Waals surface area (Å²) in [4.78, 5) is 66.2. The fourth-order valence-electron chi connectivity index (χ4n) is 10.8. The van der Waals surface area contributed by atoms with Crippen LogP contribution in [0.5, 0.6) is 0 Å². The molecular formula is C74H89FN22O. The number of imidazole rings is 7. The van der Waals surface area contributed by atoms with Gasteiger partial charge in [0.1, 0.15) is 23.3 Å². The Bertz CT molecular complexity index is 4810. The molecular weight excluding hydrogens is 1230 g/mol. The molecule has 3 fully saturated rings. The minimum atomic E-state index is -1.19. The lowest BCUT2D eigenvalue weighted by molar-refractivity contribution is 0.0979. The first-order valence-corrected chi connectivity index (χ1v) is 33.3. The van der Waals surface area contributed by atoms with Crippen molar-refractivity contribution >= 4 is 89.0 Å². The number of allylic oxidation sites excluding steroid dienone is 1. The van der Waals surface area contributed by atoms with Crippen molar-refractivity contribution in [1.82, 2.24) is 69.8 Å². The number of aromatic amines is 7. The Morgan fingerprint density at radius 1 is 0.480 bits per heavy atom. The number of Topliss-reactive ketones (excluding diaryl/α,β-unsaturated/α-hetero) is 1. The number of carbonyl (C=O) groups is 1. The lowest BCUT2D eigenvalue weighted by Crippen LogP contribution is -2.09. The maximum atomic E-state index is 13.7. The number of alkyl halides is 1. The Hall–Kier alpha value is -10.3. The SMILES string of the molecule is C=C(C)Cc1nc2ccc(CN)cc2[nH]1.CCC(=O)c1nc2ccc(CN)cc2[nH]1.CN(C)c1nc2ccc(CN)cc2[nH]1.NCc1ccc2nc(C3(F)CC3)[nH]c2c1.NCc1ccc2nc(C3CC3)[nH]c2c1.NCc1ccc2nc(C3CC3)[nH]c2c1.NCc1ccc2nc[nH]c2c1. The lowest BCUT2D eigenvalue weighted by Gasteiger charge is -2.05. The minimum absolute atomic E-state index is 0.0282. The van der Waals surface area contributed by atoms with Crippen LogP contribution in [0.3, 0.4) is 0 Å². The Kier molecular flexibility index (Phi) is 22.0. The van der Waals surface area contributed by atoms with Gasteiger partial charge in [-0.15, -0.1) is 0 Å². The number of aromatic nitrogens is 14. The maximum absolute atomic E-state index is 13.7. The van der Waals surface area contributed by atoms with E-state index in [4.69, 9.17) is 40.1 Å². The third-order valence-electron chi connectivity index (χ3n) is 17.0. The number of hydrogen-bond acceptors (Lipinski definition) is 16. The van der Waals surface area contributed by atoms with E-state index in [9.17, 15) is 9.18 Å². The molecule has 0 radical (unpaired) electrons. The van der Waals surface area contributed by atoms with Gasteiger partial charge < -0.3 is 79.9 Å². The van der Waals surface area contributed by atoms with Gasteiger partial charge in [-0.2, -0.15) is 0 Å². The quantitative estimate of drug-likeness (QED) is 0.0335. The van der Waals surface area contributed by atoms with E-state index in [1.807, 2.05) is 148 Å². The second-order valence-electron chi connectivity index (χ2n) is 25.3. The van der Waals surface area contributed by atoms with E-state index < -0.39 is 5.67 Å². The van der Waals surface area contributed by atoms with Crippen molar-refractivity contribution in [3.8, 4) is 0 Å². The van der Waals surface area contributed by atoms with E-state index in [-0.39, 0.29) is 5.78 Å². The molecule has 98 heavy (non-hydrogen) atoms. The van der Waals surface area contributed by atoms with Crippen LogP contribution < -0.4 is 45.0 Å². The first-order valence-electron chi connectivity index (χ1n) is 33.3. The maximum Gasteiger partial charge on any atom is 0.203 e. The smallest absolute Gasteiger partial charge is 0.203 e. The molecule has 17 rings (SSSR count). The van der Waals surface area contributed by atoms with Crippen molar-refractivity contribution in [2.24, 2.45) is 40.1 Å². The Labute approximate surface area is 566 Å². The number of nitrogens with two attached hydrogens (primary N) is 7. The molecule has 0 bridgehead atoms. The van der Waals surface area contributed by atoms with E-state index in [0.717, 1.165) is 152 Å². The Morgan fingerprint density at radius 2 is 0.847 bits per heavy atom. The molecule has 0 aliphatic heterocycles. The van der Waals surface area contributed by atoms with Crippen LogP contribution in [0.25, 0.3) is 77.2 Å². The van der Waals surface area contributed by atoms with Crippen LogP contribution in [0.2, 0.25) is 0 Å². The van der Waals surface area contributed by atoms with Crippen LogP contribution in [-0.2, 0) is 57.9 Å². The van der Waals surface area contributed by atoms with Crippen LogP contribution in [0.1, 0.15) is 143 Å². The van der Waals surface area contributed by atoms with Crippen LogP contribution >= 0.6 is 0 Å². The van der Waals surface area contributed by atoms with Crippen LogP contribution in [-0.4, -0.2) is 89.7 Å². The van der Waals surface area contributed by atoms with Gasteiger partial charge in [0.25, 0.3) is 0 Å². The van der Waals surface area contributed by atoms with Gasteiger partial charge >= 0.3 is 0 Å². The summed E-state index contributed by atoms with van der Waals surface area (Å²) in [5.74, 6) is 6.42. The van der Waals surface area contributed by atoms with Crippen molar-refractivity contribution in [1.29, 1.82) is 0 Å². The van der Waals surface area contributed by atoms with Crippen molar-refractivity contribution in [3.63, 3.8) is 0 Å². The summed E-state index contributed by atoms with van der Waals surface area (Å²) in [6.45, 7) is 11.6. The first kappa shape index (κ1) is 69.1. The summed E-state index contributed by atoms with van der Waals surface area (Å²) in [7, 11) is 3.92. The van der Waals surface area contributed by atoms with Gasteiger partial charge in [0.05, 0.1) is 83.6 Å². The molecule has 0 saturated heterocycles. The van der Waals surface area contributed by atoms with Crippen LogP contribution in [0, 0.1) is 0 Å². The number of carbonyl (C=O) groups excluding carboxylic acids is 1. The normalized spacial score (nSPS) is 13.5. The molecule has 3 aliphatic rings. The number of nitrogens with zero attached hydrogens (tertiary/aromatic N) is 8. The number of halogens is 1. The molecule has 0 amide bonds. The summed E-state index contributed by atoms with van der Waals surface area (Å²) in [6.07, 6.45) is 9.23. The van der Waals surface area contributed by atoms with Crippen LogP contribution in [0.4, 0.5) is 10.3 Å². The summed E-state index contributed by atoms with van der Waals surface area (Å²) < 4.78 is 13.7. The van der Waals surface area contributed by atoms with Gasteiger partial charge in [0.15, 0.2) is 17.3 Å². The number of fused-ring (bicyclic) bond motifs is 7. The molecule has 23 nitrogen and oxygen atoms in total. The van der Waals surface area contributed by atoms with Gasteiger partial charge in [0.2, 0.25) is 5.95 Å². The molecule has 7 heterocycles. The monoisotopic (exact) mass is 1320 g/mol. The van der Waals surface area contributed by atoms with Crippen molar-refractivity contribution < 1.29 is 9.18 Å². The second kappa shape index (κ2) is 31.3. The Balaban J connectivity index is 0.000000116. The minimum Gasteiger partial charge on any atom is -0.349 e. The second-order valence-corrected chi connectivity index (χ2v) is 25.3. The van der Waals surface area contributed by atoms with Crippen molar-refractivity contribution in [2.75, 3.05) is 19.0 Å². The molecule has 3 saturated carbocycles. The van der Waals surface area contributed by atoms with E-state index >= 15 is 0 Å². The van der Waals surface area contributed by atoms with Crippen LogP contribution in [0.15, 0.2) is 146 Å². The van der Waals surface area contributed by atoms with E-state index in [1.165, 1.54) is 25.7 Å². The topological polar surface area (TPSA) is 403 Å². The van der Waals surface area contributed by atoms with Gasteiger partial charge in [-0.3, -0.25) is 4.79 Å². The molecule has 24 heteroatoms. The molecule has 0 atom stereocenters. The summed E-state index contributed by atoms with van der Waals surface area (Å²) in [6, 6.07) is 41.8. The zero-order chi connectivity index (χ0) is 69.0. The number of benzene rings is 7. The highest BCUT2D eigenvalue weighted by Gasteiger charge is 2.48. The fraction of sp³-hybridized carbons (Fsp3) is 0.297. The van der Waals surface area contributed by atoms with Gasteiger partial charge in [0, 0.05) is 84.6 Å². The number of H-pyrrole nitrogens is 7. The highest BCUT2D eigenvalue weighted by molar-refractivity contribution is 5.95. The molecule has 14 aromatic rings. The number of anilines is 1. The fourth-order valence-corrected chi connectivity index (χ4v) is 10.8. The largest absolute Gasteiger partial charge is 0.349 e. The number of ketones is 1. The zero-order valence-corrected chi connectivity index (χ0v) is 56.1. The predicted molar refractivity (Wildman–Crippen MR) is 391 cm³/mol. The standard InChI is InChI=1S/C12H15N3.C11H12FN3.C11H13N3O.2C11H13N3.C10H14N4.C8H9N3/c1-8(2)5-12-14-10-4-3-9(7-13)6-11(10)15-12;12-11(3-4-11)10-14-8-2-1-7(6-13)5-9(8)15-10;1-2-10(15)11-13-8-4-3-7(6-12)5-9(8)14-11;2*12-6-7-1-4-9-10(5-7)14-11(13-9)8-2-3-8;1-14(2)10-12-8-4-3-7(6-11)5-9(8)13-10;9-4-6-1-2-7-8(3-6)11-5-10-7/h3-4,6H,1,5,7,13H2,2H3,(H,14,15);1-2,5H,3-4,6,13H2,(H,14,15);3-5H,2,6,12H2,1H3,(H,13,14);2*1,4-5,8H,2-3,6,12H2,(H,13,14);3-5H,6,11H2,1-2H3,(H,12,13);1-3,5H,4,9H2,(H,10,11). The summed E-state index contributed by atoms with van der Waals surface area (Å²) in [5, 5.41) is 0. The Morgan fingerprint density at radius 3 is 1.26 bits per heavy atom. The summed E-state index contributed by atoms with van der Waals surface area (Å²) in [5.41, 5.74) is 60.3. The van der Waals surface area contributed by atoms with E-state index in [1.54, 1.807) is 6.33 Å². The zero-order valence-electron chi connectivity index (χ0n) is 56.1. The van der Waals surface area contributed by atoms with Gasteiger partial charge in [-0.25, -0.2) is 39.3 Å². The molecule has 508 valence electrons. The molecule has 0 spiro atoms. The number of hydrogen-bond donors (Lipinski definition) is 14. The predicted octanol–water partition coefficient (Wildman–Crippen LogP) is 11.6. The van der Waals surface area contributed by atoms with Crippen molar-refractivity contribution in [2.45, 2.75) is 129 Å². The highest BCUT2D eigenvalue weighted by atomic mass is 19.1. The van der Waals surface area contributed by atoms with E-state index in [0.29, 0.717) is 88.6 Å². The third-order valence-corrected chi connectivity index (χ3v) is 17.0. The first-order chi connectivity index (χ1) is 47.5. The molecule has 7 aromatic carbocycles. The van der Waals surface area contributed by atoms with Gasteiger partial charge in [-0.05, 0) is 169 Å². The average Bonchev–Trinajstić information content (AvgIpc) is 1.61.